The molecule has 0 atom stereocenters. The Morgan fingerprint density at radius 1 is 1.50 bits per heavy atom. The molecule has 0 bridgehead atoms. The number of carbonyl (C=O) groups is 1. The topological polar surface area (TPSA) is 55.6 Å². The van der Waals surface area contributed by atoms with Gasteiger partial charge in [-0.15, -0.1) is 0 Å². The van der Waals surface area contributed by atoms with Crippen LogP contribution in [0.2, 0.25) is 0 Å². The van der Waals surface area contributed by atoms with Crippen LogP contribution in [-0.4, -0.2) is 44.2 Å². The fourth-order valence-electron chi connectivity index (χ4n) is 1.24. The van der Waals surface area contributed by atoms with Gasteiger partial charge in [0.2, 0.25) is 5.91 Å². The second-order valence-corrected chi connectivity index (χ2v) is 3.77. The molecule has 0 heterocycles. The standard InChI is InChI=1S/C10H22N2O2/c1-9(2)8-12(6-7-14-3)10(13)4-5-11/h9H,4-8,11H2,1-3H3. The summed E-state index contributed by atoms with van der Waals surface area (Å²) in [6.45, 7) is 6.63. The molecule has 0 aromatic carbocycles. The third-order valence-electron chi connectivity index (χ3n) is 1.86. The Morgan fingerprint density at radius 2 is 2.14 bits per heavy atom. The van der Waals surface area contributed by atoms with Crippen LogP contribution in [0.1, 0.15) is 20.3 Å². The summed E-state index contributed by atoms with van der Waals surface area (Å²) in [6, 6.07) is 0. The summed E-state index contributed by atoms with van der Waals surface area (Å²) in [4.78, 5) is 13.4. The Hall–Kier alpha value is -0.610. The highest BCUT2D eigenvalue weighted by Gasteiger charge is 2.13. The lowest BCUT2D eigenvalue weighted by Crippen LogP contribution is -2.37. The van der Waals surface area contributed by atoms with Crippen molar-refractivity contribution in [3.8, 4) is 0 Å². The van der Waals surface area contributed by atoms with E-state index in [1.807, 2.05) is 4.90 Å². The molecule has 0 saturated carbocycles. The summed E-state index contributed by atoms with van der Waals surface area (Å²) >= 11 is 0. The molecular weight excluding hydrogens is 180 g/mol. The molecule has 0 fully saturated rings. The lowest BCUT2D eigenvalue weighted by molar-refractivity contribution is -0.132. The number of carbonyl (C=O) groups excluding carboxylic acids is 1. The van der Waals surface area contributed by atoms with Crippen LogP contribution >= 0.6 is 0 Å². The number of rotatable bonds is 7. The van der Waals surface area contributed by atoms with Gasteiger partial charge in [0.05, 0.1) is 6.61 Å². The smallest absolute Gasteiger partial charge is 0.223 e. The zero-order valence-corrected chi connectivity index (χ0v) is 9.45. The quantitative estimate of drug-likeness (QED) is 0.653. The zero-order chi connectivity index (χ0) is 11.0. The maximum Gasteiger partial charge on any atom is 0.223 e. The first-order valence-corrected chi connectivity index (χ1v) is 5.08. The predicted molar refractivity (Wildman–Crippen MR) is 57.0 cm³/mol. The molecule has 0 aliphatic carbocycles. The summed E-state index contributed by atoms with van der Waals surface area (Å²) in [6.07, 6.45) is 0.427. The fourth-order valence-corrected chi connectivity index (χ4v) is 1.24. The summed E-state index contributed by atoms with van der Waals surface area (Å²) < 4.78 is 4.96. The van der Waals surface area contributed by atoms with Gasteiger partial charge in [-0.25, -0.2) is 0 Å². The molecule has 4 nitrogen and oxygen atoms in total. The highest BCUT2D eigenvalue weighted by Crippen LogP contribution is 2.00. The van der Waals surface area contributed by atoms with Crippen LogP contribution in [0.25, 0.3) is 0 Å². The first kappa shape index (κ1) is 13.4. The van der Waals surface area contributed by atoms with Crippen LogP contribution in [0.3, 0.4) is 0 Å². The Balaban J connectivity index is 4.01. The Kier molecular flexibility index (Phi) is 7.42. The Bertz CT molecular complexity index is 160. The van der Waals surface area contributed by atoms with Crippen molar-refractivity contribution in [1.82, 2.24) is 4.90 Å². The maximum atomic E-state index is 11.6. The molecule has 0 radical (unpaired) electrons. The van der Waals surface area contributed by atoms with Crippen molar-refractivity contribution in [2.45, 2.75) is 20.3 Å². The van der Waals surface area contributed by atoms with Gasteiger partial charge >= 0.3 is 0 Å². The summed E-state index contributed by atoms with van der Waals surface area (Å²) in [7, 11) is 1.64. The number of ether oxygens (including phenoxy) is 1. The second-order valence-electron chi connectivity index (χ2n) is 3.77. The van der Waals surface area contributed by atoms with Crippen LogP contribution in [0, 0.1) is 5.92 Å². The summed E-state index contributed by atoms with van der Waals surface area (Å²) in [5, 5.41) is 0. The maximum absolute atomic E-state index is 11.6. The zero-order valence-electron chi connectivity index (χ0n) is 9.45. The molecule has 0 rings (SSSR count). The highest BCUT2D eigenvalue weighted by molar-refractivity contribution is 5.76. The molecule has 14 heavy (non-hydrogen) atoms. The van der Waals surface area contributed by atoms with E-state index in [1.165, 1.54) is 0 Å². The lowest BCUT2D eigenvalue weighted by Gasteiger charge is -2.24. The molecule has 0 unspecified atom stereocenters. The minimum Gasteiger partial charge on any atom is -0.383 e. The van der Waals surface area contributed by atoms with Crippen molar-refractivity contribution in [2.24, 2.45) is 11.7 Å². The van der Waals surface area contributed by atoms with Gasteiger partial charge in [-0.3, -0.25) is 4.79 Å². The molecule has 2 N–H and O–H groups in total. The monoisotopic (exact) mass is 202 g/mol. The molecule has 0 saturated heterocycles. The van der Waals surface area contributed by atoms with Crippen LogP contribution in [0.5, 0.6) is 0 Å². The highest BCUT2D eigenvalue weighted by atomic mass is 16.5. The largest absolute Gasteiger partial charge is 0.383 e. The van der Waals surface area contributed by atoms with Crippen LogP contribution in [-0.2, 0) is 9.53 Å². The number of nitrogens with two attached hydrogens (primary N) is 1. The number of nitrogens with zero attached hydrogens (tertiary/aromatic N) is 1. The fraction of sp³-hybridized carbons (Fsp3) is 0.900. The summed E-state index contributed by atoms with van der Waals surface area (Å²) in [5.41, 5.74) is 5.35. The molecular formula is C10H22N2O2. The van der Waals surface area contributed by atoms with Crippen molar-refractivity contribution in [3.63, 3.8) is 0 Å². The summed E-state index contributed by atoms with van der Waals surface area (Å²) in [5.74, 6) is 0.604. The van der Waals surface area contributed by atoms with E-state index in [0.717, 1.165) is 6.54 Å². The first-order chi connectivity index (χ1) is 6.61. The van der Waals surface area contributed by atoms with Crippen molar-refractivity contribution >= 4 is 5.91 Å². The number of hydrogen-bond acceptors (Lipinski definition) is 3. The van der Waals surface area contributed by atoms with Gasteiger partial charge in [0.15, 0.2) is 0 Å². The number of hydrogen-bond donors (Lipinski definition) is 1. The van der Waals surface area contributed by atoms with Crippen molar-refractivity contribution in [1.29, 1.82) is 0 Å². The van der Waals surface area contributed by atoms with Gasteiger partial charge in [-0.2, -0.15) is 0 Å². The van der Waals surface area contributed by atoms with E-state index < -0.39 is 0 Å². The van der Waals surface area contributed by atoms with Gasteiger partial charge in [-0.1, -0.05) is 13.8 Å². The number of amides is 1. The Morgan fingerprint density at radius 3 is 2.57 bits per heavy atom. The molecule has 0 spiro atoms. The second kappa shape index (κ2) is 7.76. The molecule has 4 heteroatoms. The predicted octanol–water partition coefficient (Wildman–Crippen LogP) is 0.466. The molecule has 0 aromatic rings. The van der Waals surface area contributed by atoms with Gasteiger partial charge in [0.1, 0.15) is 0 Å². The van der Waals surface area contributed by atoms with Gasteiger partial charge in [-0.05, 0) is 5.92 Å². The van der Waals surface area contributed by atoms with E-state index in [2.05, 4.69) is 13.8 Å². The van der Waals surface area contributed by atoms with Crippen LogP contribution in [0.15, 0.2) is 0 Å². The number of methoxy groups -OCH3 is 1. The van der Waals surface area contributed by atoms with E-state index in [1.54, 1.807) is 7.11 Å². The average Bonchev–Trinajstić information content (AvgIpc) is 2.12. The van der Waals surface area contributed by atoms with Gasteiger partial charge in [0, 0.05) is 33.2 Å². The van der Waals surface area contributed by atoms with E-state index in [9.17, 15) is 4.79 Å². The minimum atomic E-state index is 0.123. The van der Waals surface area contributed by atoms with E-state index in [4.69, 9.17) is 10.5 Å². The van der Waals surface area contributed by atoms with Crippen molar-refractivity contribution in [2.75, 3.05) is 33.4 Å². The molecule has 0 aliphatic rings. The van der Waals surface area contributed by atoms with Gasteiger partial charge < -0.3 is 15.4 Å². The van der Waals surface area contributed by atoms with Crippen molar-refractivity contribution < 1.29 is 9.53 Å². The van der Waals surface area contributed by atoms with E-state index in [0.29, 0.717) is 32.0 Å². The minimum absolute atomic E-state index is 0.123. The molecule has 1 amide bonds. The van der Waals surface area contributed by atoms with Crippen LogP contribution < -0.4 is 5.73 Å². The Labute approximate surface area is 86.4 Å². The third-order valence-corrected chi connectivity index (χ3v) is 1.86. The normalized spacial score (nSPS) is 10.6. The average molecular weight is 202 g/mol. The van der Waals surface area contributed by atoms with E-state index >= 15 is 0 Å². The van der Waals surface area contributed by atoms with Crippen LogP contribution in [0.4, 0.5) is 0 Å². The molecule has 0 aliphatic heterocycles. The van der Waals surface area contributed by atoms with E-state index in [-0.39, 0.29) is 5.91 Å². The third kappa shape index (κ3) is 5.94. The van der Waals surface area contributed by atoms with Crippen molar-refractivity contribution in [3.05, 3.63) is 0 Å². The first-order valence-electron chi connectivity index (χ1n) is 5.08. The molecule has 84 valence electrons. The SMILES string of the molecule is COCCN(CC(C)C)C(=O)CCN. The lowest BCUT2D eigenvalue weighted by atomic mass is 10.2. The molecule has 0 aromatic heterocycles. The van der Waals surface area contributed by atoms with Gasteiger partial charge in [0.25, 0.3) is 0 Å².